The molecule has 1 fully saturated rings. The summed E-state index contributed by atoms with van der Waals surface area (Å²) in [4.78, 5) is 13.0. The zero-order chi connectivity index (χ0) is 19.0. The molecule has 0 bridgehead atoms. The zero-order valence-electron chi connectivity index (χ0n) is 15.4. The van der Waals surface area contributed by atoms with E-state index in [1.54, 1.807) is 12.1 Å². The summed E-state index contributed by atoms with van der Waals surface area (Å²) in [6, 6.07) is 11.8. The second kappa shape index (κ2) is 6.68. The number of carbonyl (C=O) groups is 1. The van der Waals surface area contributed by atoms with Crippen molar-refractivity contribution in [2.45, 2.75) is 33.1 Å². The number of halogens is 1. The van der Waals surface area contributed by atoms with Crippen molar-refractivity contribution in [3.8, 4) is 16.8 Å². The average molecular weight is 364 g/mol. The molecule has 138 valence electrons. The van der Waals surface area contributed by atoms with Crippen molar-refractivity contribution in [2.24, 2.45) is 11.3 Å². The van der Waals surface area contributed by atoms with Crippen molar-refractivity contribution < 1.29 is 9.18 Å². The highest BCUT2D eigenvalue weighted by atomic mass is 19.1. The fourth-order valence-corrected chi connectivity index (χ4v) is 3.52. The summed E-state index contributed by atoms with van der Waals surface area (Å²) in [6.45, 7) is 4.32. The molecule has 1 aromatic heterocycles. The number of hydrogen-bond acceptors (Lipinski definition) is 4. The van der Waals surface area contributed by atoms with Gasteiger partial charge in [0.2, 0.25) is 0 Å². The van der Waals surface area contributed by atoms with Crippen LogP contribution in [0.5, 0.6) is 0 Å². The Hall–Kier alpha value is -2.89. The van der Waals surface area contributed by atoms with E-state index in [2.05, 4.69) is 29.4 Å². The van der Waals surface area contributed by atoms with Gasteiger partial charge in [0.25, 0.3) is 0 Å². The largest absolute Gasteiger partial charge is 0.294 e. The molecular formula is C21H21FN4O. The van der Waals surface area contributed by atoms with Crippen LogP contribution in [0.3, 0.4) is 0 Å². The Morgan fingerprint density at radius 3 is 2.52 bits per heavy atom. The third-order valence-corrected chi connectivity index (χ3v) is 5.33. The topological polar surface area (TPSA) is 60.7 Å². The van der Waals surface area contributed by atoms with Crippen LogP contribution in [-0.4, -0.2) is 26.0 Å². The lowest BCUT2D eigenvalue weighted by atomic mass is 9.80. The van der Waals surface area contributed by atoms with Crippen LogP contribution in [0.15, 0.2) is 48.8 Å². The van der Waals surface area contributed by atoms with Gasteiger partial charge in [-0.25, -0.2) is 9.07 Å². The van der Waals surface area contributed by atoms with Crippen molar-refractivity contribution in [2.75, 3.05) is 0 Å². The van der Waals surface area contributed by atoms with Gasteiger partial charge in [-0.3, -0.25) is 4.79 Å². The average Bonchev–Trinajstić information content (AvgIpc) is 3.38. The molecule has 0 radical (unpaired) electrons. The van der Waals surface area contributed by atoms with Gasteiger partial charge in [-0.05, 0) is 76.1 Å². The number of nitrogens with zero attached hydrogens (tertiary/aromatic N) is 4. The second-order valence-corrected chi connectivity index (χ2v) is 7.89. The van der Waals surface area contributed by atoms with Gasteiger partial charge in [-0.1, -0.05) is 26.0 Å². The lowest BCUT2D eigenvalue weighted by molar-refractivity contribution is 0.0917. The van der Waals surface area contributed by atoms with Gasteiger partial charge < -0.3 is 0 Å². The highest BCUT2D eigenvalue weighted by molar-refractivity contribution is 5.98. The molecular weight excluding hydrogens is 343 g/mol. The van der Waals surface area contributed by atoms with E-state index in [4.69, 9.17) is 0 Å². The molecule has 0 atom stereocenters. The Balaban J connectivity index is 1.73. The van der Waals surface area contributed by atoms with Gasteiger partial charge >= 0.3 is 0 Å². The van der Waals surface area contributed by atoms with Crippen LogP contribution >= 0.6 is 0 Å². The van der Waals surface area contributed by atoms with Crippen molar-refractivity contribution in [3.05, 3.63) is 60.2 Å². The first-order chi connectivity index (χ1) is 12.9. The third-order valence-electron chi connectivity index (χ3n) is 5.33. The molecule has 0 unspecified atom stereocenters. The van der Waals surface area contributed by atoms with E-state index < -0.39 is 0 Å². The van der Waals surface area contributed by atoms with Gasteiger partial charge in [0.15, 0.2) is 5.78 Å². The van der Waals surface area contributed by atoms with Crippen LogP contribution in [-0.2, 0) is 0 Å². The van der Waals surface area contributed by atoms with Gasteiger partial charge in [-0.2, -0.15) is 0 Å². The van der Waals surface area contributed by atoms with Crippen molar-refractivity contribution in [3.63, 3.8) is 0 Å². The number of benzene rings is 2. The predicted molar refractivity (Wildman–Crippen MR) is 100 cm³/mol. The molecule has 27 heavy (non-hydrogen) atoms. The first-order valence-corrected chi connectivity index (χ1v) is 9.10. The van der Waals surface area contributed by atoms with Gasteiger partial charge in [-0.15, -0.1) is 5.10 Å². The maximum absolute atomic E-state index is 13.3. The number of hydrogen-bond donors (Lipinski definition) is 0. The summed E-state index contributed by atoms with van der Waals surface area (Å²) in [5, 5.41) is 11.3. The molecule has 1 aliphatic carbocycles. The fraction of sp³-hybridized carbons (Fsp3) is 0.333. The summed E-state index contributed by atoms with van der Waals surface area (Å²) in [5.74, 6) is 0.434. The lowest BCUT2D eigenvalue weighted by Crippen LogP contribution is -2.19. The van der Waals surface area contributed by atoms with Crippen LogP contribution in [0.4, 0.5) is 4.39 Å². The van der Waals surface area contributed by atoms with Gasteiger partial charge in [0.05, 0.1) is 5.69 Å². The molecule has 1 heterocycles. The lowest BCUT2D eigenvalue weighted by Gasteiger charge is -2.23. The van der Waals surface area contributed by atoms with E-state index in [1.807, 2.05) is 18.2 Å². The SMILES string of the molecule is CC(C)(CC(=O)c1cc(-c2ccc(F)cc2)cc(-n2cnnn2)c1)C1CC1. The molecule has 0 N–H and O–H groups in total. The Bertz CT molecular complexity index is 960. The maximum atomic E-state index is 13.3. The first kappa shape index (κ1) is 17.5. The van der Waals surface area contributed by atoms with Crippen molar-refractivity contribution in [1.29, 1.82) is 0 Å². The van der Waals surface area contributed by atoms with E-state index in [0.29, 0.717) is 23.6 Å². The van der Waals surface area contributed by atoms with E-state index in [0.717, 1.165) is 11.1 Å². The molecule has 4 rings (SSSR count). The van der Waals surface area contributed by atoms with E-state index in [-0.39, 0.29) is 17.0 Å². The minimum absolute atomic E-state index is 0.00205. The number of rotatable bonds is 6. The minimum atomic E-state index is -0.294. The van der Waals surface area contributed by atoms with Crippen molar-refractivity contribution in [1.82, 2.24) is 20.2 Å². The summed E-state index contributed by atoms with van der Waals surface area (Å²) in [6.07, 6.45) is 4.39. The van der Waals surface area contributed by atoms with Gasteiger partial charge in [0, 0.05) is 12.0 Å². The molecule has 2 aromatic carbocycles. The molecule has 0 saturated heterocycles. The molecule has 5 nitrogen and oxygen atoms in total. The fourth-order valence-electron chi connectivity index (χ4n) is 3.52. The van der Waals surface area contributed by atoms with Crippen LogP contribution in [0.25, 0.3) is 16.8 Å². The summed E-state index contributed by atoms with van der Waals surface area (Å²) in [5.41, 5.74) is 2.99. The second-order valence-electron chi connectivity index (χ2n) is 7.89. The molecule has 3 aromatic rings. The molecule has 0 spiro atoms. The normalized spacial score (nSPS) is 14.3. The number of Topliss-reactive ketones (excluding diaryl/α,β-unsaturated/α-hetero) is 1. The Kier molecular flexibility index (Phi) is 4.34. The molecule has 0 amide bonds. The van der Waals surface area contributed by atoms with Crippen molar-refractivity contribution >= 4 is 5.78 Å². The highest BCUT2D eigenvalue weighted by Gasteiger charge is 2.39. The summed E-state index contributed by atoms with van der Waals surface area (Å²) >= 11 is 0. The quantitative estimate of drug-likeness (QED) is 0.605. The van der Waals surface area contributed by atoms with Crippen LogP contribution < -0.4 is 0 Å². The highest BCUT2D eigenvalue weighted by Crippen LogP contribution is 2.47. The molecule has 6 heteroatoms. The monoisotopic (exact) mass is 364 g/mol. The van der Waals surface area contributed by atoms with Crippen LogP contribution in [0, 0.1) is 17.2 Å². The summed E-state index contributed by atoms with van der Waals surface area (Å²) < 4.78 is 14.8. The number of ketones is 1. The third kappa shape index (κ3) is 3.79. The van der Waals surface area contributed by atoms with E-state index >= 15 is 0 Å². The number of aromatic nitrogens is 4. The number of tetrazole rings is 1. The van der Waals surface area contributed by atoms with Gasteiger partial charge in [0.1, 0.15) is 12.1 Å². The maximum Gasteiger partial charge on any atom is 0.163 e. The predicted octanol–water partition coefficient (Wildman–Crippen LogP) is 4.48. The Morgan fingerprint density at radius 1 is 1.15 bits per heavy atom. The smallest absolute Gasteiger partial charge is 0.163 e. The number of carbonyl (C=O) groups excluding carboxylic acids is 1. The Labute approximate surface area is 157 Å². The Morgan fingerprint density at radius 2 is 1.89 bits per heavy atom. The summed E-state index contributed by atoms with van der Waals surface area (Å²) in [7, 11) is 0. The van der Waals surface area contributed by atoms with E-state index in [9.17, 15) is 9.18 Å². The van der Waals surface area contributed by atoms with Crippen LogP contribution in [0.2, 0.25) is 0 Å². The minimum Gasteiger partial charge on any atom is -0.294 e. The van der Waals surface area contributed by atoms with Crippen LogP contribution in [0.1, 0.15) is 43.5 Å². The zero-order valence-corrected chi connectivity index (χ0v) is 15.4. The first-order valence-electron chi connectivity index (χ1n) is 9.10. The standard InChI is InChI=1S/C21H21FN4O/c1-21(2,17-5-6-17)12-20(27)16-9-15(14-3-7-18(22)8-4-14)10-19(11-16)26-13-23-24-25-26/h3-4,7-11,13,17H,5-6,12H2,1-2H3. The van der Waals surface area contributed by atoms with E-state index in [1.165, 1.54) is 36.0 Å². The molecule has 1 aliphatic rings. The molecule has 1 saturated carbocycles. The molecule has 0 aliphatic heterocycles.